The van der Waals surface area contributed by atoms with E-state index in [0.29, 0.717) is 11.6 Å². The number of carbonyl (C=O) groups is 1. The van der Waals surface area contributed by atoms with Crippen molar-refractivity contribution in [2.24, 2.45) is 5.92 Å². The highest BCUT2D eigenvalue weighted by Crippen LogP contribution is 2.39. The van der Waals surface area contributed by atoms with Crippen molar-refractivity contribution in [3.05, 3.63) is 71.9 Å². The number of hydrogen-bond acceptors (Lipinski definition) is 2. The molecule has 150 valence electrons. The van der Waals surface area contributed by atoms with Crippen molar-refractivity contribution in [1.82, 2.24) is 9.88 Å². The SMILES string of the molecule is O=C(c1cc2ccccc2[nH]1)N1CCC2(CC1)CC(Cc1ccccc1)CCO2. The highest BCUT2D eigenvalue weighted by atomic mass is 16.5. The molecule has 0 bridgehead atoms. The number of ether oxygens (including phenoxy) is 1. The van der Waals surface area contributed by atoms with Gasteiger partial charge in [0.1, 0.15) is 5.69 Å². The summed E-state index contributed by atoms with van der Waals surface area (Å²) in [6.45, 7) is 2.38. The summed E-state index contributed by atoms with van der Waals surface area (Å²) in [5, 5.41) is 1.09. The van der Waals surface area contributed by atoms with Crippen molar-refractivity contribution >= 4 is 16.8 Å². The second-order valence-electron chi connectivity index (χ2n) is 8.64. The Morgan fingerprint density at radius 2 is 1.83 bits per heavy atom. The third-order valence-corrected chi connectivity index (χ3v) is 6.68. The molecule has 0 aliphatic carbocycles. The fourth-order valence-corrected chi connectivity index (χ4v) is 5.08. The molecule has 5 rings (SSSR count). The largest absolute Gasteiger partial charge is 0.375 e. The van der Waals surface area contributed by atoms with E-state index < -0.39 is 0 Å². The van der Waals surface area contributed by atoms with Crippen LogP contribution in [0.1, 0.15) is 41.7 Å². The molecular weight excluding hydrogens is 360 g/mol. The van der Waals surface area contributed by atoms with E-state index in [4.69, 9.17) is 4.74 Å². The number of H-pyrrole nitrogens is 1. The zero-order valence-electron chi connectivity index (χ0n) is 16.8. The van der Waals surface area contributed by atoms with Crippen LogP contribution in [0.2, 0.25) is 0 Å². The van der Waals surface area contributed by atoms with Crippen LogP contribution in [0.25, 0.3) is 10.9 Å². The fraction of sp³-hybridized carbons (Fsp3) is 0.400. The first-order chi connectivity index (χ1) is 14.2. The summed E-state index contributed by atoms with van der Waals surface area (Å²) in [6, 6.07) is 20.8. The monoisotopic (exact) mass is 388 g/mol. The van der Waals surface area contributed by atoms with E-state index in [1.165, 1.54) is 5.56 Å². The van der Waals surface area contributed by atoms with Crippen LogP contribution in [0.4, 0.5) is 0 Å². The Kier molecular flexibility index (Phi) is 4.88. The minimum Gasteiger partial charge on any atom is -0.375 e. The Morgan fingerprint density at radius 1 is 1.07 bits per heavy atom. The third-order valence-electron chi connectivity index (χ3n) is 6.68. The van der Waals surface area contributed by atoms with E-state index >= 15 is 0 Å². The maximum Gasteiger partial charge on any atom is 0.270 e. The number of carbonyl (C=O) groups excluding carboxylic acids is 1. The van der Waals surface area contributed by atoms with Gasteiger partial charge in [-0.1, -0.05) is 48.5 Å². The number of likely N-dealkylation sites (tertiary alicyclic amines) is 1. The zero-order valence-corrected chi connectivity index (χ0v) is 16.8. The molecule has 3 heterocycles. The second-order valence-corrected chi connectivity index (χ2v) is 8.64. The Balaban J connectivity index is 1.22. The van der Waals surface area contributed by atoms with Crippen LogP contribution >= 0.6 is 0 Å². The van der Waals surface area contributed by atoms with Crippen LogP contribution in [0, 0.1) is 5.92 Å². The number of aromatic nitrogens is 1. The Labute approximate surface area is 171 Å². The molecule has 1 aromatic heterocycles. The number of amides is 1. The predicted octanol–water partition coefficient (Wildman–Crippen LogP) is 4.81. The molecule has 2 aliphatic heterocycles. The molecule has 4 nitrogen and oxygen atoms in total. The van der Waals surface area contributed by atoms with Crippen LogP contribution in [-0.2, 0) is 11.2 Å². The summed E-state index contributed by atoms with van der Waals surface area (Å²) in [6.07, 6.45) is 5.24. The first-order valence-corrected chi connectivity index (χ1v) is 10.8. The fourth-order valence-electron chi connectivity index (χ4n) is 5.08. The molecule has 1 spiro atoms. The zero-order chi connectivity index (χ0) is 19.7. The number of nitrogens with zero attached hydrogens (tertiary/aromatic N) is 1. The van der Waals surface area contributed by atoms with Gasteiger partial charge in [-0.15, -0.1) is 0 Å². The molecule has 29 heavy (non-hydrogen) atoms. The maximum atomic E-state index is 13.0. The maximum absolute atomic E-state index is 13.0. The van der Waals surface area contributed by atoms with Crippen LogP contribution in [0.5, 0.6) is 0 Å². The van der Waals surface area contributed by atoms with Crippen molar-refractivity contribution in [3.63, 3.8) is 0 Å². The number of nitrogens with one attached hydrogen (secondary N) is 1. The lowest BCUT2D eigenvalue weighted by Gasteiger charge is -2.46. The molecule has 2 saturated heterocycles. The van der Waals surface area contributed by atoms with Gasteiger partial charge >= 0.3 is 0 Å². The number of aromatic amines is 1. The van der Waals surface area contributed by atoms with Gasteiger partial charge in [0.05, 0.1) is 5.60 Å². The lowest BCUT2D eigenvalue weighted by Crippen LogP contribution is -2.51. The van der Waals surface area contributed by atoms with Crippen molar-refractivity contribution in [2.45, 2.75) is 37.7 Å². The van der Waals surface area contributed by atoms with E-state index in [0.717, 1.165) is 62.7 Å². The standard InChI is InChI=1S/C25H28N2O2/c28-24(23-17-21-8-4-5-9-22(21)26-23)27-13-11-25(12-14-27)18-20(10-15-29-25)16-19-6-2-1-3-7-19/h1-9,17,20,26H,10-16,18H2. The normalized spacial score (nSPS) is 21.5. The minimum atomic E-state index is -0.0467. The van der Waals surface area contributed by atoms with E-state index in [1.807, 2.05) is 35.2 Å². The van der Waals surface area contributed by atoms with Crippen molar-refractivity contribution < 1.29 is 9.53 Å². The summed E-state index contributed by atoms with van der Waals surface area (Å²) in [5.74, 6) is 0.773. The van der Waals surface area contributed by atoms with E-state index in [-0.39, 0.29) is 11.5 Å². The molecule has 0 radical (unpaired) electrons. The van der Waals surface area contributed by atoms with Crippen LogP contribution in [0.15, 0.2) is 60.7 Å². The summed E-state index contributed by atoms with van der Waals surface area (Å²) in [4.78, 5) is 18.3. The summed E-state index contributed by atoms with van der Waals surface area (Å²) >= 11 is 0. The molecule has 2 aromatic carbocycles. The van der Waals surface area contributed by atoms with Crippen molar-refractivity contribution in [3.8, 4) is 0 Å². The molecule has 1 amide bonds. The Hall–Kier alpha value is -2.59. The molecule has 1 atom stereocenters. The molecule has 0 saturated carbocycles. The lowest BCUT2D eigenvalue weighted by molar-refractivity contribution is -0.123. The van der Waals surface area contributed by atoms with Gasteiger partial charge in [0.15, 0.2) is 0 Å². The van der Waals surface area contributed by atoms with Crippen LogP contribution in [-0.4, -0.2) is 41.1 Å². The van der Waals surface area contributed by atoms with Gasteiger partial charge in [-0.05, 0) is 55.7 Å². The summed E-state index contributed by atoms with van der Waals surface area (Å²) < 4.78 is 6.31. The first kappa shape index (κ1) is 18.4. The number of benzene rings is 2. The highest BCUT2D eigenvalue weighted by Gasteiger charge is 2.41. The molecule has 1 unspecified atom stereocenters. The van der Waals surface area contributed by atoms with Crippen molar-refractivity contribution in [2.75, 3.05) is 19.7 Å². The Bertz CT molecular complexity index is 953. The molecule has 1 N–H and O–H groups in total. The topological polar surface area (TPSA) is 45.3 Å². The number of fused-ring (bicyclic) bond motifs is 1. The lowest BCUT2D eigenvalue weighted by atomic mass is 9.77. The quantitative estimate of drug-likeness (QED) is 0.700. The highest BCUT2D eigenvalue weighted by molar-refractivity contribution is 5.98. The van der Waals surface area contributed by atoms with Gasteiger partial charge in [0.2, 0.25) is 0 Å². The number of para-hydroxylation sites is 1. The van der Waals surface area contributed by atoms with E-state index in [2.05, 4.69) is 35.3 Å². The van der Waals surface area contributed by atoms with Crippen LogP contribution in [0.3, 0.4) is 0 Å². The number of hydrogen-bond donors (Lipinski definition) is 1. The van der Waals surface area contributed by atoms with Gasteiger partial charge in [0.25, 0.3) is 5.91 Å². The van der Waals surface area contributed by atoms with Gasteiger partial charge in [-0.3, -0.25) is 4.79 Å². The average molecular weight is 389 g/mol. The average Bonchev–Trinajstić information content (AvgIpc) is 3.19. The van der Waals surface area contributed by atoms with E-state index in [1.54, 1.807) is 0 Å². The summed E-state index contributed by atoms with van der Waals surface area (Å²) in [7, 11) is 0. The van der Waals surface area contributed by atoms with Crippen molar-refractivity contribution in [1.29, 1.82) is 0 Å². The molecule has 4 heteroatoms. The first-order valence-electron chi connectivity index (χ1n) is 10.8. The molecular formula is C25H28N2O2. The molecule has 3 aromatic rings. The number of rotatable bonds is 3. The van der Waals surface area contributed by atoms with Gasteiger partial charge in [0, 0.05) is 30.6 Å². The van der Waals surface area contributed by atoms with Gasteiger partial charge in [-0.2, -0.15) is 0 Å². The van der Waals surface area contributed by atoms with Gasteiger partial charge in [-0.25, -0.2) is 0 Å². The minimum absolute atomic E-state index is 0.0467. The molecule has 2 aliphatic rings. The summed E-state index contributed by atoms with van der Waals surface area (Å²) in [5.41, 5.74) is 3.08. The number of piperidine rings is 1. The van der Waals surface area contributed by atoms with Crippen LogP contribution < -0.4 is 0 Å². The second kappa shape index (κ2) is 7.68. The van der Waals surface area contributed by atoms with Gasteiger partial charge < -0.3 is 14.6 Å². The predicted molar refractivity (Wildman–Crippen MR) is 115 cm³/mol. The third kappa shape index (κ3) is 3.82. The Morgan fingerprint density at radius 3 is 2.62 bits per heavy atom. The molecule has 2 fully saturated rings. The smallest absolute Gasteiger partial charge is 0.270 e. The van der Waals surface area contributed by atoms with E-state index in [9.17, 15) is 4.79 Å².